The van der Waals surface area contributed by atoms with E-state index in [1.807, 2.05) is 50.2 Å². The second-order valence-corrected chi connectivity index (χ2v) is 9.81. The summed E-state index contributed by atoms with van der Waals surface area (Å²) in [4.78, 5) is 13.1. The Morgan fingerprint density at radius 1 is 0.971 bits per heavy atom. The SMILES string of the molecule is CCOc1ccc(S(=O)(=O)N(CC(=O)Nc2cc(C)ccc2OC)Cc2ccccc2)cc1C. The van der Waals surface area contributed by atoms with Crippen molar-refractivity contribution >= 4 is 21.6 Å². The van der Waals surface area contributed by atoms with Crippen molar-refractivity contribution in [3.05, 3.63) is 83.4 Å². The number of nitrogens with zero attached hydrogens (tertiary/aromatic N) is 1. The molecule has 0 radical (unpaired) electrons. The number of rotatable bonds is 10. The molecule has 0 atom stereocenters. The molecule has 0 saturated carbocycles. The van der Waals surface area contributed by atoms with Gasteiger partial charge in [-0.05, 0) is 67.8 Å². The van der Waals surface area contributed by atoms with Gasteiger partial charge in [0.2, 0.25) is 15.9 Å². The Bertz CT molecular complexity index is 1240. The maximum atomic E-state index is 13.6. The van der Waals surface area contributed by atoms with Crippen molar-refractivity contribution < 1.29 is 22.7 Å². The van der Waals surface area contributed by atoms with Gasteiger partial charge in [-0.3, -0.25) is 4.79 Å². The number of carbonyl (C=O) groups excluding carboxylic acids is 1. The fourth-order valence-electron chi connectivity index (χ4n) is 3.53. The molecule has 7 nitrogen and oxygen atoms in total. The minimum atomic E-state index is -3.98. The van der Waals surface area contributed by atoms with Crippen molar-refractivity contribution in [1.82, 2.24) is 4.31 Å². The van der Waals surface area contributed by atoms with Gasteiger partial charge in [-0.25, -0.2) is 8.42 Å². The van der Waals surface area contributed by atoms with E-state index in [1.54, 1.807) is 31.2 Å². The van der Waals surface area contributed by atoms with E-state index in [1.165, 1.54) is 17.5 Å². The molecule has 0 saturated heterocycles. The van der Waals surface area contributed by atoms with E-state index in [0.29, 0.717) is 29.4 Å². The summed E-state index contributed by atoms with van der Waals surface area (Å²) in [6.45, 7) is 5.73. The second kappa shape index (κ2) is 11.2. The molecule has 3 aromatic rings. The van der Waals surface area contributed by atoms with Gasteiger partial charge in [0.05, 0.1) is 30.8 Å². The zero-order chi connectivity index (χ0) is 24.7. The highest BCUT2D eigenvalue weighted by atomic mass is 32.2. The Kier molecular flexibility index (Phi) is 8.31. The average molecular weight is 483 g/mol. The fraction of sp³-hybridized carbons (Fsp3) is 0.269. The Morgan fingerprint density at radius 2 is 1.68 bits per heavy atom. The van der Waals surface area contributed by atoms with Crippen LogP contribution < -0.4 is 14.8 Å². The van der Waals surface area contributed by atoms with Crippen molar-refractivity contribution in [3.63, 3.8) is 0 Å². The topological polar surface area (TPSA) is 84.9 Å². The van der Waals surface area contributed by atoms with E-state index in [9.17, 15) is 13.2 Å². The zero-order valence-corrected chi connectivity index (χ0v) is 20.7. The molecule has 0 bridgehead atoms. The Hall–Kier alpha value is -3.36. The quantitative estimate of drug-likeness (QED) is 0.459. The fourth-order valence-corrected chi connectivity index (χ4v) is 5.00. The molecule has 0 aliphatic heterocycles. The third-order valence-electron chi connectivity index (χ3n) is 5.23. The Balaban J connectivity index is 1.91. The van der Waals surface area contributed by atoms with E-state index < -0.39 is 15.9 Å². The molecular formula is C26H30N2O5S. The standard InChI is InChI=1S/C26H30N2O5S/c1-5-33-24-14-12-22(16-20(24)3)34(30,31)28(17-21-9-7-6-8-10-21)18-26(29)27-23-15-19(2)11-13-25(23)32-4/h6-16H,5,17-18H2,1-4H3,(H,27,29). The Morgan fingerprint density at radius 3 is 2.32 bits per heavy atom. The molecule has 0 aliphatic carbocycles. The number of hydrogen-bond donors (Lipinski definition) is 1. The van der Waals surface area contributed by atoms with Crippen LogP contribution in [0.1, 0.15) is 23.6 Å². The van der Waals surface area contributed by atoms with Crippen molar-refractivity contribution in [1.29, 1.82) is 0 Å². The van der Waals surface area contributed by atoms with Crippen molar-refractivity contribution in [2.45, 2.75) is 32.2 Å². The van der Waals surface area contributed by atoms with Gasteiger partial charge in [0.1, 0.15) is 11.5 Å². The largest absolute Gasteiger partial charge is 0.495 e. The van der Waals surface area contributed by atoms with Gasteiger partial charge in [0, 0.05) is 6.54 Å². The van der Waals surface area contributed by atoms with E-state index in [4.69, 9.17) is 9.47 Å². The summed E-state index contributed by atoms with van der Waals surface area (Å²) in [6.07, 6.45) is 0. The van der Waals surface area contributed by atoms with Gasteiger partial charge in [0.15, 0.2) is 0 Å². The predicted molar refractivity (Wildman–Crippen MR) is 133 cm³/mol. The zero-order valence-electron chi connectivity index (χ0n) is 19.9. The van der Waals surface area contributed by atoms with Gasteiger partial charge in [0.25, 0.3) is 0 Å². The molecule has 3 aromatic carbocycles. The van der Waals surface area contributed by atoms with Gasteiger partial charge in [-0.15, -0.1) is 0 Å². The van der Waals surface area contributed by atoms with Crippen LogP contribution in [0.2, 0.25) is 0 Å². The van der Waals surface area contributed by atoms with Crippen molar-refractivity contribution in [2.75, 3.05) is 25.6 Å². The monoisotopic (exact) mass is 482 g/mol. The molecule has 180 valence electrons. The number of hydrogen-bond acceptors (Lipinski definition) is 5. The summed E-state index contributed by atoms with van der Waals surface area (Å²) in [5.74, 6) is 0.657. The van der Waals surface area contributed by atoms with Crippen LogP contribution in [0.4, 0.5) is 5.69 Å². The van der Waals surface area contributed by atoms with Crippen LogP contribution in [0.5, 0.6) is 11.5 Å². The lowest BCUT2D eigenvalue weighted by molar-refractivity contribution is -0.116. The number of ether oxygens (including phenoxy) is 2. The van der Waals surface area contributed by atoms with Crippen LogP contribution in [0.3, 0.4) is 0 Å². The van der Waals surface area contributed by atoms with Crippen molar-refractivity contribution in [2.24, 2.45) is 0 Å². The average Bonchev–Trinajstić information content (AvgIpc) is 2.81. The molecule has 0 fully saturated rings. The number of anilines is 1. The van der Waals surface area contributed by atoms with Crippen LogP contribution in [0.25, 0.3) is 0 Å². The minimum absolute atomic E-state index is 0.0494. The van der Waals surface area contributed by atoms with Gasteiger partial charge >= 0.3 is 0 Å². The number of sulfonamides is 1. The second-order valence-electron chi connectivity index (χ2n) is 7.87. The normalized spacial score (nSPS) is 11.3. The van der Waals surface area contributed by atoms with Crippen LogP contribution in [0.15, 0.2) is 71.6 Å². The van der Waals surface area contributed by atoms with Gasteiger partial charge < -0.3 is 14.8 Å². The van der Waals surface area contributed by atoms with Crippen LogP contribution in [-0.4, -0.2) is 38.9 Å². The summed E-state index contributed by atoms with van der Waals surface area (Å²) in [5.41, 5.74) is 2.91. The molecule has 8 heteroatoms. The number of amides is 1. The Labute approximate surface area is 201 Å². The van der Waals surface area contributed by atoms with E-state index >= 15 is 0 Å². The first-order valence-electron chi connectivity index (χ1n) is 11.0. The number of carbonyl (C=O) groups is 1. The maximum absolute atomic E-state index is 13.6. The molecule has 0 aromatic heterocycles. The number of nitrogens with one attached hydrogen (secondary N) is 1. The van der Waals surface area contributed by atoms with E-state index in [0.717, 1.165) is 11.1 Å². The summed E-state index contributed by atoms with van der Waals surface area (Å²) in [7, 11) is -2.46. The highest BCUT2D eigenvalue weighted by Crippen LogP contribution is 2.27. The summed E-state index contributed by atoms with van der Waals surface area (Å²) in [6, 6.07) is 19.3. The molecule has 0 heterocycles. The predicted octanol–water partition coefficient (Wildman–Crippen LogP) is 4.54. The first kappa shape index (κ1) is 25.3. The first-order chi connectivity index (χ1) is 16.2. The summed E-state index contributed by atoms with van der Waals surface area (Å²) in [5, 5.41) is 2.79. The van der Waals surface area contributed by atoms with Gasteiger partial charge in [-0.1, -0.05) is 36.4 Å². The highest BCUT2D eigenvalue weighted by Gasteiger charge is 2.28. The van der Waals surface area contributed by atoms with E-state index in [2.05, 4.69) is 5.32 Å². The lowest BCUT2D eigenvalue weighted by Crippen LogP contribution is -2.37. The van der Waals surface area contributed by atoms with Crippen LogP contribution in [-0.2, 0) is 21.4 Å². The number of benzene rings is 3. The minimum Gasteiger partial charge on any atom is -0.495 e. The molecule has 0 unspecified atom stereocenters. The molecule has 0 spiro atoms. The molecule has 34 heavy (non-hydrogen) atoms. The van der Waals surface area contributed by atoms with Crippen LogP contribution >= 0.6 is 0 Å². The maximum Gasteiger partial charge on any atom is 0.243 e. The first-order valence-corrected chi connectivity index (χ1v) is 12.4. The third kappa shape index (κ3) is 6.15. The summed E-state index contributed by atoms with van der Waals surface area (Å²) >= 11 is 0. The molecule has 3 rings (SSSR count). The lowest BCUT2D eigenvalue weighted by Gasteiger charge is -2.23. The smallest absolute Gasteiger partial charge is 0.243 e. The highest BCUT2D eigenvalue weighted by molar-refractivity contribution is 7.89. The summed E-state index contributed by atoms with van der Waals surface area (Å²) < 4.78 is 39.2. The van der Waals surface area contributed by atoms with Gasteiger partial charge in [-0.2, -0.15) is 4.31 Å². The number of methoxy groups -OCH3 is 1. The van der Waals surface area contributed by atoms with Crippen molar-refractivity contribution in [3.8, 4) is 11.5 Å². The number of aryl methyl sites for hydroxylation is 2. The molecular weight excluding hydrogens is 452 g/mol. The lowest BCUT2D eigenvalue weighted by atomic mass is 10.2. The third-order valence-corrected chi connectivity index (χ3v) is 7.02. The van der Waals surface area contributed by atoms with Crippen LogP contribution in [0, 0.1) is 13.8 Å². The molecule has 0 aliphatic rings. The van der Waals surface area contributed by atoms with E-state index in [-0.39, 0.29) is 18.0 Å². The molecule has 1 amide bonds. The molecule has 1 N–H and O–H groups in total.